The number of carboxylic acid groups (broad SMARTS) is 2. The minimum atomic E-state index is -1.82. The summed E-state index contributed by atoms with van der Waals surface area (Å²) in [5.74, 6) is -1.62. The maximum absolute atomic E-state index is 13.8. The Kier molecular flexibility index (Phi) is 7.85. The molecule has 0 bridgehead atoms. The third kappa shape index (κ3) is 6.08. The van der Waals surface area contributed by atoms with E-state index in [9.17, 15) is 4.39 Å². The highest BCUT2D eigenvalue weighted by Gasteiger charge is 2.22. The SMILES string of the molecule is COc1cc(CN2CCN(Cc3ccccc3F)CC2)cc2c1OCO2.O=C(O)C(=O)O. The molecule has 0 radical (unpaired) electrons. The van der Waals surface area contributed by atoms with Crippen molar-refractivity contribution in [3.8, 4) is 17.2 Å². The van der Waals surface area contributed by atoms with Crippen molar-refractivity contribution in [1.82, 2.24) is 9.80 Å². The van der Waals surface area contributed by atoms with Crippen molar-refractivity contribution in [2.75, 3.05) is 40.1 Å². The van der Waals surface area contributed by atoms with Gasteiger partial charge in [-0.3, -0.25) is 9.80 Å². The van der Waals surface area contributed by atoms with Gasteiger partial charge in [0.1, 0.15) is 5.82 Å². The van der Waals surface area contributed by atoms with Crippen LogP contribution < -0.4 is 14.2 Å². The second-order valence-corrected chi connectivity index (χ2v) is 7.29. The van der Waals surface area contributed by atoms with Gasteiger partial charge < -0.3 is 24.4 Å². The fraction of sp³-hybridized carbons (Fsp3) is 0.364. The van der Waals surface area contributed by atoms with E-state index in [1.165, 1.54) is 6.07 Å². The third-order valence-electron chi connectivity index (χ3n) is 5.12. The van der Waals surface area contributed by atoms with Gasteiger partial charge in [0, 0.05) is 44.8 Å². The summed E-state index contributed by atoms with van der Waals surface area (Å²) in [6, 6.07) is 11.0. The monoisotopic (exact) mass is 448 g/mol. The van der Waals surface area contributed by atoms with E-state index in [0.717, 1.165) is 49.6 Å². The molecule has 2 aliphatic heterocycles. The minimum absolute atomic E-state index is 0.123. The Morgan fingerprint density at radius 3 is 2.22 bits per heavy atom. The number of nitrogens with zero attached hydrogens (tertiary/aromatic N) is 2. The van der Waals surface area contributed by atoms with Gasteiger partial charge in [-0.2, -0.15) is 0 Å². The van der Waals surface area contributed by atoms with E-state index in [2.05, 4.69) is 9.80 Å². The number of hydrogen-bond acceptors (Lipinski definition) is 7. The Morgan fingerprint density at radius 1 is 1.00 bits per heavy atom. The summed E-state index contributed by atoms with van der Waals surface area (Å²) in [4.78, 5) is 22.9. The number of carboxylic acids is 2. The highest BCUT2D eigenvalue weighted by atomic mass is 19.1. The number of piperazine rings is 1. The van der Waals surface area contributed by atoms with Crippen molar-refractivity contribution in [1.29, 1.82) is 0 Å². The number of ether oxygens (including phenoxy) is 3. The van der Waals surface area contributed by atoms with E-state index < -0.39 is 11.9 Å². The molecule has 2 aliphatic rings. The minimum Gasteiger partial charge on any atom is -0.493 e. The van der Waals surface area contributed by atoms with Gasteiger partial charge in [0.25, 0.3) is 0 Å². The number of methoxy groups -OCH3 is 1. The van der Waals surface area contributed by atoms with E-state index in [4.69, 9.17) is 34.0 Å². The van der Waals surface area contributed by atoms with Gasteiger partial charge in [0.2, 0.25) is 12.5 Å². The molecule has 0 saturated carbocycles. The van der Waals surface area contributed by atoms with E-state index >= 15 is 0 Å². The van der Waals surface area contributed by atoms with Crippen LogP contribution in [0.4, 0.5) is 4.39 Å². The number of benzene rings is 2. The third-order valence-corrected chi connectivity index (χ3v) is 5.12. The molecule has 2 heterocycles. The van der Waals surface area contributed by atoms with Gasteiger partial charge in [-0.05, 0) is 23.8 Å². The number of halogens is 1. The number of aliphatic carboxylic acids is 2. The van der Waals surface area contributed by atoms with E-state index in [-0.39, 0.29) is 12.6 Å². The highest BCUT2D eigenvalue weighted by molar-refractivity contribution is 6.27. The van der Waals surface area contributed by atoms with Crippen molar-refractivity contribution >= 4 is 11.9 Å². The van der Waals surface area contributed by atoms with E-state index in [1.54, 1.807) is 13.2 Å². The summed E-state index contributed by atoms with van der Waals surface area (Å²) in [6.07, 6.45) is 0. The average molecular weight is 448 g/mol. The quantitative estimate of drug-likeness (QED) is 0.664. The molecule has 0 unspecified atom stereocenters. The number of fused-ring (bicyclic) bond motifs is 1. The van der Waals surface area contributed by atoms with Crippen molar-refractivity contribution < 1.29 is 38.4 Å². The van der Waals surface area contributed by atoms with Crippen molar-refractivity contribution in [2.24, 2.45) is 0 Å². The van der Waals surface area contributed by atoms with Crippen molar-refractivity contribution in [2.45, 2.75) is 13.1 Å². The van der Waals surface area contributed by atoms with E-state index in [0.29, 0.717) is 18.0 Å². The standard InChI is InChI=1S/C20H23FN2O3.C2H2O4/c1-24-18-10-15(11-19-20(18)26-14-25-19)12-22-6-8-23(9-7-22)13-16-4-2-3-5-17(16)21;3-1(4)2(5)6/h2-5,10-11H,6-9,12-14H2,1H3;(H,3,4)(H,5,6). The molecule has 4 rings (SSSR count). The van der Waals surface area contributed by atoms with E-state index in [1.807, 2.05) is 24.3 Å². The first kappa shape index (κ1) is 23.3. The van der Waals surface area contributed by atoms with Crippen LogP contribution >= 0.6 is 0 Å². The second-order valence-electron chi connectivity index (χ2n) is 7.29. The molecule has 10 heteroatoms. The first-order valence-corrected chi connectivity index (χ1v) is 9.98. The van der Waals surface area contributed by atoms with Crippen LogP contribution in [0.1, 0.15) is 11.1 Å². The molecule has 2 aromatic carbocycles. The zero-order valence-corrected chi connectivity index (χ0v) is 17.6. The van der Waals surface area contributed by atoms with Crippen LogP contribution in [-0.2, 0) is 22.7 Å². The van der Waals surface area contributed by atoms with Gasteiger partial charge >= 0.3 is 11.9 Å². The Morgan fingerprint density at radius 2 is 1.62 bits per heavy atom. The molecule has 0 aliphatic carbocycles. The molecule has 9 nitrogen and oxygen atoms in total. The topological polar surface area (TPSA) is 109 Å². The molecule has 2 aromatic rings. The van der Waals surface area contributed by atoms with Crippen LogP contribution in [0.25, 0.3) is 0 Å². The normalized spacial score (nSPS) is 15.6. The second kappa shape index (κ2) is 10.8. The summed E-state index contributed by atoms with van der Waals surface area (Å²) < 4.78 is 30.2. The van der Waals surface area contributed by atoms with Crippen LogP contribution in [0.5, 0.6) is 17.2 Å². The Labute approximate surface area is 184 Å². The first-order valence-electron chi connectivity index (χ1n) is 9.98. The first-order chi connectivity index (χ1) is 15.4. The lowest BCUT2D eigenvalue weighted by Gasteiger charge is -2.34. The predicted molar refractivity (Wildman–Crippen MR) is 111 cm³/mol. The molecular formula is C22H25FN2O7. The molecule has 1 fully saturated rings. The molecule has 2 N–H and O–H groups in total. The van der Waals surface area contributed by atoms with Crippen LogP contribution in [-0.4, -0.2) is 72.0 Å². The van der Waals surface area contributed by atoms with Gasteiger partial charge in [-0.15, -0.1) is 0 Å². The summed E-state index contributed by atoms with van der Waals surface area (Å²) in [6.45, 7) is 5.49. The Hall–Kier alpha value is -3.37. The highest BCUT2D eigenvalue weighted by Crippen LogP contribution is 2.42. The predicted octanol–water partition coefficient (Wildman–Crippen LogP) is 2.04. The number of rotatable bonds is 5. The average Bonchev–Trinajstić information content (AvgIpc) is 3.25. The summed E-state index contributed by atoms with van der Waals surface area (Å²) in [7, 11) is 1.64. The lowest BCUT2D eigenvalue weighted by Crippen LogP contribution is -2.45. The van der Waals surface area contributed by atoms with Crippen LogP contribution in [0.2, 0.25) is 0 Å². The molecular weight excluding hydrogens is 423 g/mol. The fourth-order valence-electron chi connectivity index (χ4n) is 3.51. The lowest BCUT2D eigenvalue weighted by molar-refractivity contribution is -0.159. The van der Waals surface area contributed by atoms with Gasteiger partial charge in [-0.1, -0.05) is 18.2 Å². The molecule has 32 heavy (non-hydrogen) atoms. The molecule has 0 amide bonds. The Balaban J connectivity index is 0.000000427. The molecule has 1 saturated heterocycles. The smallest absolute Gasteiger partial charge is 0.414 e. The number of hydrogen-bond donors (Lipinski definition) is 2. The van der Waals surface area contributed by atoms with Gasteiger partial charge in [-0.25, -0.2) is 14.0 Å². The van der Waals surface area contributed by atoms with Crippen LogP contribution in [0, 0.1) is 5.82 Å². The van der Waals surface area contributed by atoms with Gasteiger partial charge in [0.05, 0.1) is 7.11 Å². The van der Waals surface area contributed by atoms with Crippen LogP contribution in [0.3, 0.4) is 0 Å². The molecule has 0 atom stereocenters. The molecule has 0 aromatic heterocycles. The zero-order chi connectivity index (χ0) is 23.1. The number of carbonyl (C=O) groups is 2. The largest absolute Gasteiger partial charge is 0.493 e. The van der Waals surface area contributed by atoms with Gasteiger partial charge in [0.15, 0.2) is 11.5 Å². The summed E-state index contributed by atoms with van der Waals surface area (Å²) in [5.41, 5.74) is 1.91. The van der Waals surface area contributed by atoms with Crippen molar-refractivity contribution in [3.63, 3.8) is 0 Å². The maximum Gasteiger partial charge on any atom is 0.414 e. The van der Waals surface area contributed by atoms with Crippen molar-refractivity contribution in [3.05, 3.63) is 53.3 Å². The Bertz CT molecular complexity index is 949. The summed E-state index contributed by atoms with van der Waals surface area (Å²) in [5, 5.41) is 14.8. The zero-order valence-electron chi connectivity index (χ0n) is 17.6. The van der Waals surface area contributed by atoms with Crippen LogP contribution in [0.15, 0.2) is 36.4 Å². The lowest BCUT2D eigenvalue weighted by atomic mass is 10.1. The molecule has 0 spiro atoms. The molecule has 172 valence electrons. The summed E-state index contributed by atoms with van der Waals surface area (Å²) >= 11 is 0. The maximum atomic E-state index is 13.8. The fourth-order valence-corrected chi connectivity index (χ4v) is 3.51.